The number of aliphatic hydroxyl groups excluding tert-OH is 2. The number of aliphatic carboxylic acids is 1. The maximum atomic E-state index is 12.1. The Morgan fingerprint density at radius 2 is 1.61 bits per heavy atom. The fourth-order valence-corrected chi connectivity index (χ4v) is 6.49. The van der Waals surface area contributed by atoms with Crippen molar-refractivity contribution in [3.05, 3.63) is 78.1 Å². The fraction of sp³-hybridized carbons (Fsp3) is 0.457. The summed E-state index contributed by atoms with van der Waals surface area (Å²) in [7, 11) is 4.18. The molecule has 1 amide bonds. The molecule has 51 heavy (non-hydrogen) atoms. The summed E-state index contributed by atoms with van der Waals surface area (Å²) in [6.45, 7) is 3.98. The number of carbonyl (C=O) groups is 2. The first-order chi connectivity index (χ1) is 24.3. The number of fused-ring (bicyclic) bond motifs is 1. The molecule has 0 radical (unpaired) electrons. The number of likely N-dealkylation sites (N-methyl/N-ethyl adjacent to an activating group) is 1. The molecule has 16 heteroatoms. The SMILES string of the molecule is CCC(=O)N[C@H]1C[C@@H](n2cnc3c(NCC(c4ccccc4)c4ccccc4)nc(N4CC[C@@H](N(C)C)C4)nc32)[C@H](O)[C@@H]1O.O=C(O)C(F)(F)F. The van der Waals surface area contributed by atoms with Crippen molar-refractivity contribution in [1.82, 2.24) is 29.7 Å². The second-order valence-corrected chi connectivity index (χ2v) is 12.9. The summed E-state index contributed by atoms with van der Waals surface area (Å²) < 4.78 is 33.6. The molecule has 0 unspecified atom stereocenters. The van der Waals surface area contributed by atoms with E-state index in [1.807, 2.05) is 16.7 Å². The molecule has 1 saturated heterocycles. The molecule has 2 aliphatic rings. The Labute approximate surface area is 293 Å². The Morgan fingerprint density at radius 1 is 1.00 bits per heavy atom. The molecule has 6 rings (SSSR count). The Balaban J connectivity index is 0.000000654. The molecule has 0 spiro atoms. The first-order valence-corrected chi connectivity index (χ1v) is 16.7. The van der Waals surface area contributed by atoms with Gasteiger partial charge in [-0.15, -0.1) is 0 Å². The number of carboxylic acids is 1. The van der Waals surface area contributed by atoms with E-state index in [1.165, 1.54) is 11.1 Å². The second kappa shape index (κ2) is 16.0. The predicted molar refractivity (Wildman–Crippen MR) is 184 cm³/mol. The molecule has 3 heterocycles. The van der Waals surface area contributed by atoms with Crippen molar-refractivity contribution in [1.29, 1.82) is 0 Å². The average Bonchev–Trinajstić information content (AvgIpc) is 3.84. The Morgan fingerprint density at radius 3 is 2.14 bits per heavy atom. The largest absolute Gasteiger partial charge is 0.490 e. The van der Waals surface area contributed by atoms with Crippen molar-refractivity contribution in [3.8, 4) is 0 Å². The van der Waals surface area contributed by atoms with Gasteiger partial charge in [-0.25, -0.2) is 9.78 Å². The number of hydrogen-bond donors (Lipinski definition) is 5. The molecule has 4 aromatic rings. The van der Waals surface area contributed by atoms with Gasteiger partial charge in [0.1, 0.15) is 12.2 Å². The van der Waals surface area contributed by atoms with Crippen molar-refractivity contribution in [2.75, 3.05) is 43.9 Å². The molecule has 1 aliphatic carbocycles. The molecular weight excluding hydrogens is 669 g/mol. The van der Waals surface area contributed by atoms with E-state index in [4.69, 9.17) is 24.9 Å². The average molecular weight is 713 g/mol. The molecule has 2 aromatic carbocycles. The molecule has 2 aromatic heterocycles. The van der Waals surface area contributed by atoms with Gasteiger partial charge >= 0.3 is 12.1 Å². The van der Waals surface area contributed by atoms with Crippen LogP contribution < -0.4 is 15.5 Å². The van der Waals surface area contributed by atoms with Gasteiger partial charge in [0.25, 0.3) is 0 Å². The van der Waals surface area contributed by atoms with E-state index >= 15 is 0 Å². The lowest BCUT2D eigenvalue weighted by molar-refractivity contribution is -0.192. The zero-order valence-electron chi connectivity index (χ0n) is 28.5. The molecule has 5 atom stereocenters. The van der Waals surface area contributed by atoms with Crippen LogP contribution in [0.25, 0.3) is 11.2 Å². The van der Waals surface area contributed by atoms with Gasteiger partial charge < -0.3 is 40.3 Å². The number of aliphatic hydroxyl groups is 2. The van der Waals surface area contributed by atoms with Gasteiger partial charge in [0.05, 0.1) is 18.4 Å². The van der Waals surface area contributed by atoms with E-state index < -0.39 is 36.4 Å². The number of hydrogen-bond acceptors (Lipinski definition) is 10. The number of nitrogens with one attached hydrogen (secondary N) is 2. The van der Waals surface area contributed by atoms with Crippen LogP contribution in [0.3, 0.4) is 0 Å². The third kappa shape index (κ3) is 8.75. The lowest BCUT2D eigenvalue weighted by Crippen LogP contribution is -2.42. The number of anilines is 2. The van der Waals surface area contributed by atoms with E-state index in [0.29, 0.717) is 48.4 Å². The number of carboxylic acid groups (broad SMARTS) is 1. The molecular formula is C35H43F3N8O5. The molecule has 274 valence electrons. The molecule has 1 saturated carbocycles. The topological polar surface area (TPSA) is 169 Å². The summed E-state index contributed by atoms with van der Waals surface area (Å²) in [6, 6.07) is 20.2. The minimum atomic E-state index is -5.08. The number of alkyl halides is 3. The molecule has 5 N–H and O–H groups in total. The van der Waals surface area contributed by atoms with Crippen molar-refractivity contribution < 1.29 is 38.1 Å². The number of nitrogens with zero attached hydrogens (tertiary/aromatic N) is 6. The van der Waals surface area contributed by atoms with Crippen molar-refractivity contribution >= 4 is 34.8 Å². The maximum Gasteiger partial charge on any atom is 0.490 e. The summed E-state index contributed by atoms with van der Waals surface area (Å²) >= 11 is 0. The Hall–Kier alpha value is -4.80. The van der Waals surface area contributed by atoms with Gasteiger partial charge in [0, 0.05) is 38.0 Å². The first-order valence-electron chi connectivity index (χ1n) is 16.7. The normalized spacial score (nSPS) is 21.9. The smallest absolute Gasteiger partial charge is 0.475 e. The van der Waals surface area contributed by atoms with Crippen LogP contribution in [-0.2, 0) is 9.59 Å². The van der Waals surface area contributed by atoms with E-state index in [1.54, 1.807) is 13.3 Å². The zero-order chi connectivity index (χ0) is 36.9. The van der Waals surface area contributed by atoms with Gasteiger partial charge in [0.2, 0.25) is 11.9 Å². The van der Waals surface area contributed by atoms with Gasteiger partial charge in [-0.1, -0.05) is 67.6 Å². The standard InChI is InChI=1S/C33H42N8O3.C2HF3O2/c1-4-27(42)36-25-17-26(30(44)29(25)43)41-20-35-28-31(37-33(38-32(28)41)40-16-15-23(19-40)39(2)3)34-18-24(21-11-7-5-8-12-21)22-13-9-6-10-14-22;3-2(4,5)1(6)7/h5-14,20,23-26,29-30,43-44H,4,15-19H2,1-3H3,(H,36,42)(H,34,37,38);(H,6,7)/t23-,25+,26-,29-,30+;/m1./s1. The fourth-order valence-electron chi connectivity index (χ4n) is 6.49. The number of aromatic nitrogens is 4. The molecule has 2 fully saturated rings. The predicted octanol–water partition coefficient (Wildman–Crippen LogP) is 3.41. The Kier molecular flexibility index (Phi) is 11.8. The summed E-state index contributed by atoms with van der Waals surface area (Å²) in [5.41, 5.74) is 3.57. The van der Waals surface area contributed by atoms with Gasteiger partial charge in [-0.3, -0.25) is 4.79 Å². The van der Waals surface area contributed by atoms with Crippen LogP contribution in [0.2, 0.25) is 0 Å². The summed E-state index contributed by atoms with van der Waals surface area (Å²) in [5.74, 6) is -1.62. The van der Waals surface area contributed by atoms with Crippen LogP contribution in [-0.4, -0.2) is 116 Å². The highest BCUT2D eigenvalue weighted by atomic mass is 19.4. The van der Waals surface area contributed by atoms with Crippen LogP contribution >= 0.6 is 0 Å². The molecule has 13 nitrogen and oxygen atoms in total. The number of amides is 1. The third-order valence-corrected chi connectivity index (χ3v) is 9.38. The molecule has 0 bridgehead atoms. The number of carbonyl (C=O) groups excluding carboxylic acids is 1. The van der Waals surface area contributed by atoms with Crippen LogP contribution in [0.15, 0.2) is 67.0 Å². The van der Waals surface area contributed by atoms with E-state index in [2.05, 4.69) is 83.1 Å². The van der Waals surface area contributed by atoms with E-state index in [9.17, 15) is 28.2 Å². The monoisotopic (exact) mass is 712 g/mol. The first kappa shape index (κ1) is 37.5. The van der Waals surface area contributed by atoms with Gasteiger partial charge in [-0.2, -0.15) is 23.1 Å². The van der Waals surface area contributed by atoms with Crippen LogP contribution in [0, 0.1) is 0 Å². The zero-order valence-corrected chi connectivity index (χ0v) is 28.5. The highest BCUT2D eigenvalue weighted by Crippen LogP contribution is 2.35. The summed E-state index contributed by atoms with van der Waals surface area (Å²) in [4.78, 5) is 40.2. The van der Waals surface area contributed by atoms with Gasteiger partial charge in [0.15, 0.2) is 17.0 Å². The number of imidazole rings is 1. The minimum absolute atomic E-state index is 0.0765. The van der Waals surface area contributed by atoms with E-state index in [0.717, 1.165) is 19.5 Å². The number of halogens is 3. The number of rotatable bonds is 10. The highest BCUT2D eigenvalue weighted by Gasteiger charge is 2.44. The lowest BCUT2D eigenvalue weighted by Gasteiger charge is -2.23. The summed E-state index contributed by atoms with van der Waals surface area (Å²) in [5, 5.41) is 35.5. The highest BCUT2D eigenvalue weighted by molar-refractivity contribution is 5.84. The van der Waals surface area contributed by atoms with Crippen LogP contribution in [0.5, 0.6) is 0 Å². The van der Waals surface area contributed by atoms with Gasteiger partial charge in [-0.05, 0) is 38.1 Å². The minimum Gasteiger partial charge on any atom is -0.475 e. The number of benzene rings is 2. The second-order valence-electron chi connectivity index (χ2n) is 12.9. The maximum absolute atomic E-state index is 12.1. The van der Waals surface area contributed by atoms with Crippen molar-refractivity contribution in [2.24, 2.45) is 0 Å². The van der Waals surface area contributed by atoms with E-state index in [-0.39, 0.29) is 11.8 Å². The summed E-state index contributed by atoms with van der Waals surface area (Å²) in [6.07, 6.45) is -3.93. The third-order valence-electron chi connectivity index (χ3n) is 9.38. The molecule has 1 aliphatic heterocycles. The Bertz CT molecular complexity index is 1740. The quantitative estimate of drug-likeness (QED) is 0.163. The lowest BCUT2D eigenvalue weighted by atomic mass is 9.91. The van der Waals surface area contributed by atoms with Crippen molar-refractivity contribution in [2.45, 2.75) is 68.6 Å². The van der Waals surface area contributed by atoms with Crippen molar-refractivity contribution in [3.63, 3.8) is 0 Å². The van der Waals surface area contributed by atoms with Crippen LogP contribution in [0.1, 0.15) is 49.3 Å². The van der Waals surface area contributed by atoms with Crippen LogP contribution in [0.4, 0.5) is 24.9 Å².